The maximum Gasteiger partial charge on any atom is 0.237 e. The average molecular weight is 315 g/mol. The van der Waals surface area contributed by atoms with Crippen LogP contribution >= 0.6 is 24.8 Å². The van der Waals surface area contributed by atoms with E-state index in [1.165, 1.54) is 4.90 Å². The number of carbonyl (C=O) groups is 1. The molecule has 0 saturated carbocycles. The second-order valence-electron chi connectivity index (χ2n) is 4.97. The molecule has 1 aliphatic heterocycles. The Morgan fingerprint density at radius 2 is 2.16 bits per heavy atom. The third kappa shape index (κ3) is 5.91. The molecule has 8 heteroatoms. The Balaban J connectivity index is 0. The van der Waals surface area contributed by atoms with Gasteiger partial charge in [-0.3, -0.25) is 4.79 Å². The van der Waals surface area contributed by atoms with E-state index in [-0.39, 0.29) is 55.8 Å². The second-order valence-corrected chi connectivity index (χ2v) is 4.97. The predicted molar refractivity (Wildman–Crippen MR) is 76.3 cm³/mol. The lowest BCUT2D eigenvalue weighted by Gasteiger charge is -2.26. The maximum absolute atomic E-state index is 13.1. The quantitative estimate of drug-likeness (QED) is 0.797. The van der Waals surface area contributed by atoms with E-state index in [4.69, 9.17) is 11.0 Å². The van der Waals surface area contributed by atoms with Crippen molar-refractivity contribution in [2.45, 2.75) is 38.0 Å². The summed E-state index contributed by atoms with van der Waals surface area (Å²) in [6, 6.07) is 1.31. The molecule has 2 atom stereocenters. The molecule has 0 radical (unpaired) electrons. The molecule has 0 aliphatic carbocycles. The summed E-state index contributed by atoms with van der Waals surface area (Å²) in [5.41, 5.74) is 5.18. The summed E-state index contributed by atoms with van der Waals surface area (Å²) in [5, 5.41) is 11.8. The molecular formula is C11H21Cl2FN4O. The normalized spacial score (nSPS) is 22.2. The number of amides is 1. The average Bonchev–Trinajstić information content (AvgIpc) is 2.67. The highest BCUT2D eigenvalue weighted by Gasteiger charge is 2.35. The van der Waals surface area contributed by atoms with Gasteiger partial charge in [0, 0.05) is 18.5 Å². The molecule has 0 spiro atoms. The third-order valence-corrected chi connectivity index (χ3v) is 2.95. The summed E-state index contributed by atoms with van der Waals surface area (Å²) in [7, 11) is 0. The Hall–Kier alpha value is -0.610. The van der Waals surface area contributed by atoms with Crippen molar-refractivity contribution in [2.75, 3.05) is 19.6 Å². The smallest absolute Gasteiger partial charge is 0.237 e. The number of hydrogen-bond donors (Lipinski definition) is 2. The van der Waals surface area contributed by atoms with Gasteiger partial charge in [0.15, 0.2) is 0 Å². The molecule has 1 saturated heterocycles. The standard InChI is InChI=1S/C11H19FN4O.2ClH/c1-11(2,7-14)15-5-10(17)16-6-8(12)3-9(16)4-13;;/h8-9,15H,3,5-7,14H2,1-2H3;2*1H/t8-,9-;;/m0../s1. The van der Waals surface area contributed by atoms with Gasteiger partial charge in [0.2, 0.25) is 5.91 Å². The minimum absolute atomic E-state index is 0. The van der Waals surface area contributed by atoms with Crippen molar-refractivity contribution < 1.29 is 9.18 Å². The number of nitrogens with one attached hydrogen (secondary N) is 1. The molecule has 0 aromatic carbocycles. The molecule has 1 fully saturated rings. The van der Waals surface area contributed by atoms with Crippen molar-refractivity contribution >= 4 is 30.7 Å². The molecule has 0 unspecified atom stereocenters. The highest BCUT2D eigenvalue weighted by Crippen LogP contribution is 2.19. The monoisotopic (exact) mass is 314 g/mol. The number of nitriles is 1. The predicted octanol–water partition coefficient (Wildman–Crippen LogP) is 0.619. The number of halogens is 3. The molecule has 1 rings (SSSR count). The van der Waals surface area contributed by atoms with Gasteiger partial charge in [-0.1, -0.05) is 0 Å². The summed E-state index contributed by atoms with van der Waals surface area (Å²) in [5.74, 6) is -0.252. The minimum atomic E-state index is -1.09. The summed E-state index contributed by atoms with van der Waals surface area (Å²) >= 11 is 0. The largest absolute Gasteiger partial charge is 0.329 e. The first-order chi connectivity index (χ1) is 7.89. The van der Waals surface area contributed by atoms with Gasteiger partial charge in [-0.15, -0.1) is 24.8 Å². The third-order valence-electron chi connectivity index (χ3n) is 2.95. The summed E-state index contributed by atoms with van der Waals surface area (Å²) in [6.07, 6.45) is -0.978. The zero-order valence-corrected chi connectivity index (χ0v) is 12.7. The van der Waals surface area contributed by atoms with Crippen LogP contribution in [-0.4, -0.2) is 48.2 Å². The first-order valence-corrected chi connectivity index (χ1v) is 5.68. The fourth-order valence-corrected chi connectivity index (χ4v) is 1.67. The van der Waals surface area contributed by atoms with E-state index in [1.54, 1.807) is 0 Å². The van der Waals surface area contributed by atoms with E-state index in [0.29, 0.717) is 6.54 Å². The lowest BCUT2D eigenvalue weighted by Crippen LogP contribution is -2.51. The van der Waals surface area contributed by atoms with Crippen molar-refractivity contribution in [1.29, 1.82) is 5.26 Å². The van der Waals surface area contributed by atoms with Gasteiger partial charge in [-0.05, 0) is 13.8 Å². The van der Waals surface area contributed by atoms with Crippen LogP contribution in [0.3, 0.4) is 0 Å². The molecule has 112 valence electrons. The van der Waals surface area contributed by atoms with E-state index in [9.17, 15) is 9.18 Å². The highest BCUT2D eigenvalue weighted by molar-refractivity contribution is 5.85. The van der Waals surface area contributed by atoms with Crippen LogP contribution in [0.5, 0.6) is 0 Å². The first kappa shape index (κ1) is 20.7. The van der Waals surface area contributed by atoms with Crippen LogP contribution in [0.4, 0.5) is 4.39 Å². The van der Waals surface area contributed by atoms with Crippen molar-refractivity contribution in [3.8, 4) is 6.07 Å². The number of likely N-dealkylation sites (tertiary alicyclic amines) is 1. The summed E-state index contributed by atoms with van der Waals surface area (Å²) in [4.78, 5) is 13.1. The van der Waals surface area contributed by atoms with E-state index < -0.39 is 12.2 Å². The first-order valence-electron chi connectivity index (χ1n) is 5.68. The van der Waals surface area contributed by atoms with Crippen molar-refractivity contribution in [3.63, 3.8) is 0 Å². The minimum Gasteiger partial charge on any atom is -0.329 e. The van der Waals surface area contributed by atoms with E-state index in [2.05, 4.69) is 5.32 Å². The fraction of sp³-hybridized carbons (Fsp3) is 0.818. The summed E-state index contributed by atoms with van der Waals surface area (Å²) in [6.45, 7) is 4.25. The summed E-state index contributed by atoms with van der Waals surface area (Å²) < 4.78 is 13.1. The molecule has 0 bridgehead atoms. The molecule has 1 amide bonds. The molecule has 5 nitrogen and oxygen atoms in total. The van der Waals surface area contributed by atoms with Crippen LogP contribution < -0.4 is 11.1 Å². The number of carbonyl (C=O) groups excluding carboxylic acids is 1. The molecule has 19 heavy (non-hydrogen) atoms. The van der Waals surface area contributed by atoms with Crippen LogP contribution in [-0.2, 0) is 4.79 Å². The van der Waals surface area contributed by atoms with Gasteiger partial charge in [0.25, 0.3) is 0 Å². The van der Waals surface area contributed by atoms with E-state index >= 15 is 0 Å². The Kier molecular flexibility index (Phi) is 9.30. The Labute approximate surface area is 125 Å². The number of alkyl halides is 1. The van der Waals surface area contributed by atoms with Crippen LogP contribution in [0.25, 0.3) is 0 Å². The van der Waals surface area contributed by atoms with Crippen LogP contribution in [0.1, 0.15) is 20.3 Å². The van der Waals surface area contributed by atoms with Gasteiger partial charge in [-0.25, -0.2) is 4.39 Å². The molecule has 1 heterocycles. The topological polar surface area (TPSA) is 82.2 Å². The van der Waals surface area contributed by atoms with Gasteiger partial charge < -0.3 is 16.0 Å². The van der Waals surface area contributed by atoms with Gasteiger partial charge in [0.05, 0.1) is 19.2 Å². The highest BCUT2D eigenvalue weighted by atomic mass is 35.5. The van der Waals surface area contributed by atoms with Gasteiger partial charge in [-0.2, -0.15) is 5.26 Å². The van der Waals surface area contributed by atoms with Crippen LogP contribution in [0.2, 0.25) is 0 Å². The fourth-order valence-electron chi connectivity index (χ4n) is 1.67. The lowest BCUT2D eigenvalue weighted by molar-refractivity contribution is -0.130. The molecule has 0 aromatic rings. The zero-order valence-electron chi connectivity index (χ0n) is 11.1. The maximum atomic E-state index is 13.1. The Bertz CT molecular complexity index is 335. The van der Waals surface area contributed by atoms with E-state index in [0.717, 1.165) is 0 Å². The van der Waals surface area contributed by atoms with Crippen molar-refractivity contribution in [2.24, 2.45) is 5.73 Å². The van der Waals surface area contributed by atoms with Gasteiger partial charge in [0.1, 0.15) is 12.2 Å². The molecule has 3 N–H and O–H groups in total. The number of hydrogen-bond acceptors (Lipinski definition) is 4. The second kappa shape index (κ2) is 8.54. The molecule has 0 aromatic heterocycles. The SMILES string of the molecule is CC(C)(CN)NCC(=O)N1C[C@@H](F)C[C@H]1C#N.Cl.Cl. The number of rotatable bonds is 4. The van der Waals surface area contributed by atoms with E-state index in [1.807, 2.05) is 19.9 Å². The lowest BCUT2D eigenvalue weighted by atomic mass is 10.1. The Morgan fingerprint density at radius 1 is 1.58 bits per heavy atom. The molecule has 1 aliphatic rings. The van der Waals surface area contributed by atoms with Crippen LogP contribution in [0.15, 0.2) is 0 Å². The van der Waals surface area contributed by atoms with Crippen LogP contribution in [0, 0.1) is 11.3 Å². The Morgan fingerprint density at radius 3 is 2.63 bits per heavy atom. The van der Waals surface area contributed by atoms with Gasteiger partial charge >= 0.3 is 0 Å². The van der Waals surface area contributed by atoms with Crippen molar-refractivity contribution in [1.82, 2.24) is 10.2 Å². The number of nitrogens with zero attached hydrogens (tertiary/aromatic N) is 2. The zero-order chi connectivity index (χ0) is 13.1. The van der Waals surface area contributed by atoms with Crippen molar-refractivity contribution in [3.05, 3.63) is 0 Å². The number of nitrogens with two attached hydrogens (primary N) is 1. The molecular weight excluding hydrogens is 294 g/mol.